The molecular formula is C18H25ClN6O4S. The smallest absolute Gasteiger partial charge is 0.273 e. The lowest BCUT2D eigenvalue weighted by Crippen LogP contribution is -2.26. The molecule has 12 heteroatoms. The standard InChI is InChI=1S/C18H25ClN6O4S/c1-20-18(26)17-14(11-16(19)22-23-17)21-13-7-6-12(29-9-8-24(2)3)10-15(13)25(4)30(5,27)28/h6-7,10-11H,8-9H2,1-5H3,(H,20,26)(H,21,22)/i1D3. The van der Waals surface area contributed by atoms with E-state index in [0.29, 0.717) is 18.9 Å². The van der Waals surface area contributed by atoms with Crippen LogP contribution in [-0.4, -0.2) is 76.9 Å². The molecule has 0 bridgehead atoms. The molecule has 1 amide bonds. The molecule has 1 aromatic carbocycles. The van der Waals surface area contributed by atoms with Gasteiger partial charge in [-0.15, -0.1) is 10.2 Å². The number of rotatable bonds is 9. The number of hydrogen-bond donors (Lipinski definition) is 2. The zero-order valence-electron chi connectivity index (χ0n) is 19.9. The highest BCUT2D eigenvalue weighted by Crippen LogP contribution is 2.34. The fraction of sp³-hybridized carbons (Fsp3) is 0.389. The topological polar surface area (TPSA) is 117 Å². The molecule has 0 spiro atoms. The first-order valence-corrected chi connectivity index (χ1v) is 10.9. The molecule has 0 aliphatic rings. The van der Waals surface area contributed by atoms with Crippen LogP contribution in [0.1, 0.15) is 14.6 Å². The molecule has 0 saturated heterocycles. The first kappa shape index (κ1) is 19.3. The number of likely N-dealkylation sites (N-methyl/N-ethyl adjacent to an activating group) is 1. The number of carbonyl (C=O) groups excluding carboxylic acids is 1. The third-order valence-electron chi connectivity index (χ3n) is 3.98. The van der Waals surface area contributed by atoms with E-state index in [-0.39, 0.29) is 27.9 Å². The zero-order valence-corrected chi connectivity index (χ0v) is 18.5. The molecule has 30 heavy (non-hydrogen) atoms. The van der Waals surface area contributed by atoms with Crippen molar-refractivity contribution in [3.05, 3.63) is 35.1 Å². The molecule has 0 unspecified atom stereocenters. The Balaban J connectivity index is 2.47. The van der Waals surface area contributed by atoms with Crippen molar-refractivity contribution >= 4 is 44.6 Å². The van der Waals surface area contributed by atoms with Crippen molar-refractivity contribution in [2.45, 2.75) is 0 Å². The Morgan fingerprint density at radius 3 is 2.60 bits per heavy atom. The maximum absolute atomic E-state index is 12.4. The molecule has 164 valence electrons. The minimum Gasteiger partial charge on any atom is -0.492 e. The molecule has 0 aliphatic carbocycles. The van der Waals surface area contributed by atoms with Gasteiger partial charge < -0.3 is 20.3 Å². The van der Waals surface area contributed by atoms with Crippen molar-refractivity contribution < 1.29 is 22.1 Å². The highest BCUT2D eigenvalue weighted by molar-refractivity contribution is 7.92. The van der Waals surface area contributed by atoms with Gasteiger partial charge in [0.15, 0.2) is 10.8 Å². The summed E-state index contributed by atoms with van der Waals surface area (Å²) in [5.74, 6) is -0.581. The molecule has 2 aromatic rings. The van der Waals surface area contributed by atoms with Crippen molar-refractivity contribution in [1.82, 2.24) is 20.4 Å². The van der Waals surface area contributed by atoms with Gasteiger partial charge in [0.25, 0.3) is 5.91 Å². The van der Waals surface area contributed by atoms with Crippen LogP contribution >= 0.6 is 11.6 Å². The van der Waals surface area contributed by atoms with Crippen LogP contribution in [0.4, 0.5) is 17.1 Å². The summed E-state index contributed by atoms with van der Waals surface area (Å²) in [6, 6.07) is 5.98. The largest absolute Gasteiger partial charge is 0.492 e. The van der Waals surface area contributed by atoms with Crippen molar-refractivity contribution in [3.8, 4) is 5.75 Å². The van der Waals surface area contributed by atoms with Crippen molar-refractivity contribution in [3.63, 3.8) is 0 Å². The minimum atomic E-state index is -3.66. The van der Waals surface area contributed by atoms with Gasteiger partial charge in [-0.2, -0.15) is 0 Å². The van der Waals surface area contributed by atoms with E-state index in [4.69, 9.17) is 20.5 Å². The number of benzene rings is 1. The summed E-state index contributed by atoms with van der Waals surface area (Å²) in [4.78, 5) is 14.3. The number of anilines is 3. The monoisotopic (exact) mass is 459 g/mol. The molecule has 0 atom stereocenters. The highest BCUT2D eigenvalue weighted by Gasteiger charge is 2.20. The number of nitrogens with one attached hydrogen (secondary N) is 2. The number of aromatic nitrogens is 2. The summed E-state index contributed by atoms with van der Waals surface area (Å²) in [5, 5.41) is 11.9. The van der Waals surface area contributed by atoms with E-state index >= 15 is 0 Å². The molecule has 0 saturated carbocycles. The van der Waals surface area contributed by atoms with E-state index in [0.717, 1.165) is 10.6 Å². The van der Waals surface area contributed by atoms with Crippen molar-refractivity contribution in [2.75, 3.05) is 57.1 Å². The van der Waals surface area contributed by atoms with Crippen LogP contribution < -0.4 is 19.7 Å². The van der Waals surface area contributed by atoms with Gasteiger partial charge in [-0.05, 0) is 26.2 Å². The number of nitrogens with zero attached hydrogens (tertiary/aromatic N) is 4. The predicted molar refractivity (Wildman–Crippen MR) is 117 cm³/mol. The second-order valence-electron chi connectivity index (χ2n) is 6.57. The third-order valence-corrected chi connectivity index (χ3v) is 5.35. The number of halogens is 1. The maximum atomic E-state index is 12.4. The Morgan fingerprint density at radius 2 is 1.97 bits per heavy atom. The van der Waals surface area contributed by atoms with E-state index < -0.39 is 22.9 Å². The van der Waals surface area contributed by atoms with E-state index in [1.807, 2.05) is 24.3 Å². The van der Waals surface area contributed by atoms with Gasteiger partial charge >= 0.3 is 0 Å². The third kappa shape index (κ3) is 6.18. The minimum absolute atomic E-state index is 0.0289. The molecule has 1 heterocycles. The summed E-state index contributed by atoms with van der Waals surface area (Å²) in [5.41, 5.74) is 0.181. The van der Waals surface area contributed by atoms with Crippen LogP contribution in [0.3, 0.4) is 0 Å². The Morgan fingerprint density at radius 1 is 1.23 bits per heavy atom. The fourth-order valence-electron chi connectivity index (χ4n) is 2.33. The molecule has 10 nitrogen and oxygen atoms in total. The average Bonchev–Trinajstić information content (AvgIpc) is 2.66. The van der Waals surface area contributed by atoms with Gasteiger partial charge in [0.05, 0.1) is 23.3 Å². The quantitative estimate of drug-likeness (QED) is 0.580. The van der Waals surface area contributed by atoms with Gasteiger partial charge in [-0.3, -0.25) is 9.10 Å². The summed E-state index contributed by atoms with van der Waals surface area (Å²) in [6.45, 7) is -1.71. The fourth-order valence-corrected chi connectivity index (χ4v) is 2.98. The van der Waals surface area contributed by atoms with Crippen molar-refractivity contribution in [2.24, 2.45) is 0 Å². The van der Waals surface area contributed by atoms with Crippen LogP contribution in [0.2, 0.25) is 5.15 Å². The van der Waals surface area contributed by atoms with Crippen molar-refractivity contribution in [1.29, 1.82) is 0 Å². The average molecular weight is 460 g/mol. The molecule has 0 fully saturated rings. The molecule has 0 radical (unpaired) electrons. The van der Waals surface area contributed by atoms with Crippen LogP contribution in [0, 0.1) is 0 Å². The zero-order chi connectivity index (χ0) is 25.0. The Labute approximate surface area is 185 Å². The Hall–Kier alpha value is -2.63. The molecule has 0 aliphatic heterocycles. The summed E-state index contributed by atoms with van der Waals surface area (Å²) in [6.07, 6.45) is 1.04. The van der Waals surface area contributed by atoms with Crippen LogP contribution in [0.15, 0.2) is 24.3 Å². The summed E-state index contributed by atoms with van der Waals surface area (Å²) < 4.78 is 52.8. The van der Waals surface area contributed by atoms with Gasteiger partial charge in [0.2, 0.25) is 10.0 Å². The Bertz CT molecular complexity index is 1110. The number of amides is 1. The van der Waals surface area contributed by atoms with E-state index in [9.17, 15) is 13.2 Å². The maximum Gasteiger partial charge on any atom is 0.273 e. The van der Waals surface area contributed by atoms with Gasteiger partial charge in [0, 0.05) is 36.8 Å². The molecule has 2 N–H and O–H groups in total. The normalized spacial score (nSPS) is 13.2. The lowest BCUT2D eigenvalue weighted by Gasteiger charge is -2.22. The highest BCUT2D eigenvalue weighted by atomic mass is 35.5. The summed E-state index contributed by atoms with van der Waals surface area (Å²) >= 11 is 5.92. The second-order valence-corrected chi connectivity index (χ2v) is 8.97. The van der Waals surface area contributed by atoms with Gasteiger partial charge in [-0.25, -0.2) is 8.42 Å². The molecule has 1 aromatic heterocycles. The summed E-state index contributed by atoms with van der Waals surface area (Å²) in [7, 11) is 1.49. The number of ether oxygens (including phenoxy) is 1. The lowest BCUT2D eigenvalue weighted by molar-refractivity contribution is 0.0958. The predicted octanol–water partition coefficient (Wildman–Crippen LogP) is 1.57. The molecule has 2 rings (SSSR count). The van der Waals surface area contributed by atoms with Crippen LogP contribution in [0.5, 0.6) is 5.75 Å². The van der Waals surface area contributed by atoms with Gasteiger partial charge in [-0.1, -0.05) is 11.6 Å². The lowest BCUT2D eigenvalue weighted by atomic mass is 10.2. The van der Waals surface area contributed by atoms with Gasteiger partial charge in [0.1, 0.15) is 12.4 Å². The Kier molecular flexibility index (Phi) is 6.39. The number of sulfonamides is 1. The van der Waals surface area contributed by atoms with E-state index in [1.54, 1.807) is 12.1 Å². The molecular weight excluding hydrogens is 432 g/mol. The van der Waals surface area contributed by atoms with Crippen LogP contribution in [0.25, 0.3) is 0 Å². The first-order chi connectivity index (χ1) is 15.2. The number of hydrogen-bond acceptors (Lipinski definition) is 8. The number of carbonyl (C=O) groups is 1. The van der Waals surface area contributed by atoms with Crippen LogP contribution in [-0.2, 0) is 10.0 Å². The first-order valence-electron chi connectivity index (χ1n) is 10.2. The SMILES string of the molecule is [2H]C([2H])([2H])NC(=O)c1nnc(Cl)cc1Nc1ccc(OCCN(C)C)cc1N(C)S(C)(=O)=O. The van der Waals surface area contributed by atoms with E-state index in [1.165, 1.54) is 19.2 Å². The second kappa shape index (κ2) is 9.92. The van der Waals surface area contributed by atoms with E-state index in [2.05, 4.69) is 15.5 Å².